The van der Waals surface area contributed by atoms with Crippen LogP contribution in [0.1, 0.15) is 26.2 Å². The topological polar surface area (TPSA) is 35.2 Å². The molecule has 0 radical (unpaired) electrons. The molecule has 2 N–H and O–H groups in total. The maximum absolute atomic E-state index is 5.70. The molecule has 1 aromatic carbocycles. The van der Waals surface area contributed by atoms with Gasteiger partial charge in [0, 0.05) is 4.47 Å². The van der Waals surface area contributed by atoms with Gasteiger partial charge in [-0.3, -0.25) is 0 Å². The minimum absolute atomic E-state index is 0.595. The largest absolute Gasteiger partial charge is 0.494 e. The second-order valence-corrected chi connectivity index (χ2v) is 4.90. The highest BCUT2D eigenvalue weighted by atomic mass is 79.9. The molecule has 0 bridgehead atoms. The highest BCUT2D eigenvalue weighted by Crippen LogP contribution is 2.18. The molecular weight excluding hydrogens is 266 g/mol. The molecule has 2 nitrogen and oxygen atoms in total. The van der Waals surface area contributed by atoms with Crippen LogP contribution < -0.4 is 10.5 Å². The molecule has 0 aliphatic heterocycles. The fourth-order valence-electron chi connectivity index (χ4n) is 1.69. The second-order valence-electron chi connectivity index (χ2n) is 3.98. The Morgan fingerprint density at radius 1 is 1.38 bits per heavy atom. The molecule has 0 aliphatic rings. The van der Waals surface area contributed by atoms with Gasteiger partial charge in [0.1, 0.15) is 5.75 Å². The molecule has 90 valence electrons. The molecule has 3 heteroatoms. The molecule has 0 saturated heterocycles. The number of hydrogen-bond donors (Lipinski definition) is 1. The van der Waals surface area contributed by atoms with Crippen molar-refractivity contribution >= 4 is 15.9 Å². The minimum Gasteiger partial charge on any atom is -0.494 e. The van der Waals surface area contributed by atoms with Crippen LogP contribution in [0.2, 0.25) is 0 Å². The molecule has 0 spiro atoms. The van der Waals surface area contributed by atoms with E-state index >= 15 is 0 Å². The number of hydrogen-bond acceptors (Lipinski definition) is 2. The summed E-state index contributed by atoms with van der Waals surface area (Å²) in [5, 5.41) is 0. The van der Waals surface area contributed by atoms with Crippen LogP contribution in [0.25, 0.3) is 0 Å². The molecule has 0 fully saturated rings. The minimum atomic E-state index is 0.595. The fraction of sp³-hybridized carbons (Fsp3) is 0.538. The van der Waals surface area contributed by atoms with E-state index in [4.69, 9.17) is 10.5 Å². The molecule has 1 atom stereocenters. The number of benzene rings is 1. The van der Waals surface area contributed by atoms with Crippen molar-refractivity contribution in [2.75, 3.05) is 13.2 Å². The van der Waals surface area contributed by atoms with Gasteiger partial charge in [0.25, 0.3) is 0 Å². The summed E-state index contributed by atoms with van der Waals surface area (Å²) in [6.45, 7) is 3.70. The molecule has 0 saturated carbocycles. The van der Waals surface area contributed by atoms with E-state index in [9.17, 15) is 0 Å². The van der Waals surface area contributed by atoms with Crippen LogP contribution >= 0.6 is 15.9 Å². The Kier molecular flexibility index (Phi) is 6.50. The average molecular weight is 286 g/mol. The summed E-state index contributed by atoms with van der Waals surface area (Å²) in [4.78, 5) is 0. The van der Waals surface area contributed by atoms with Crippen molar-refractivity contribution in [3.05, 3.63) is 28.7 Å². The van der Waals surface area contributed by atoms with Crippen LogP contribution in [0, 0.1) is 5.92 Å². The van der Waals surface area contributed by atoms with Crippen molar-refractivity contribution < 1.29 is 4.74 Å². The van der Waals surface area contributed by atoms with Crippen molar-refractivity contribution in [3.63, 3.8) is 0 Å². The van der Waals surface area contributed by atoms with Crippen LogP contribution in [-0.2, 0) is 0 Å². The summed E-state index contributed by atoms with van der Waals surface area (Å²) in [6, 6.07) is 7.93. The lowest BCUT2D eigenvalue weighted by Gasteiger charge is -2.14. The average Bonchev–Trinajstić information content (AvgIpc) is 2.28. The predicted octanol–water partition coefficient (Wildman–Crippen LogP) is 3.59. The number of nitrogens with two attached hydrogens (primary N) is 1. The third kappa shape index (κ3) is 4.99. The highest BCUT2D eigenvalue weighted by molar-refractivity contribution is 9.10. The van der Waals surface area contributed by atoms with E-state index in [0.717, 1.165) is 29.8 Å². The van der Waals surface area contributed by atoms with Gasteiger partial charge in [-0.05, 0) is 43.5 Å². The summed E-state index contributed by atoms with van der Waals surface area (Å²) in [6.07, 6.45) is 3.42. The maximum atomic E-state index is 5.70. The van der Waals surface area contributed by atoms with Crippen LogP contribution in [0.4, 0.5) is 0 Å². The fourth-order valence-corrected chi connectivity index (χ4v) is 2.07. The van der Waals surface area contributed by atoms with E-state index < -0.39 is 0 Å². The van der Waals surface area contributed by atoms with Crippen LogP contribution in [-0.4, -0.2) is 13.2 Å². The lowest BCUT2D eigenvalue weighted by molar-refractivity contribution is 0.273. The lowest BCUT2D eigenvalue weighted by Crippen LogP contribution is -2.17. The van der Waals surface area contributed by atoms with E-state index in [-0.39, 0.29) is 0 Å². The van der Waals surface area contributed by atoms with Crippen molar-refractivity contribution in [2.45, 2.75) is 26.2 Å². The van der Waals surface area contributed by atoms with Crippen molar-refractivity contribution in [3.8, 4) is 5.75 Å². The first-order valence-corrected chi connectivity index (χ1v) is 6.64. The van der Waals surface area contributed by atoms with E-state index in [2.05, 4.69) is 22.9 Å². The summed E-state index contributed by atoms with van der Waals surface area (Å²) in [5.41, 5.74) is 5.70. The molecule has 16 heavy (non-hydrogen) atoms. The van der Waals surface area contributed by atoms with Crippen molar-refractivity contribution in [1.82, 2.24) is 0 Å². The second kappa shape index (κ2) is 7.69. The Hall–Kier alpha value is -0.540. The first-order chi connectivity index (χ1) is 7.76. The van der Waals surface area contributed by atoms with Crippen LogP contribution in [0.15, 0.2) is 28.7 Å². The smallest absolute Gasteiger partial charge is 0.120 e. The quantitative estimate of drug-likeness (QED) is 0.831. The highest BCUT2D eigenvalue weighted by Gasteiger charge is 2.05. The van der Waals surface area contributed by atoms with Crippen molar-refractivity contribution in [2.24, 2.45) is 11.7 Å². The standard InChI is InChI=1S/C13H20BrNO/c1-2-4-11(10-15)7-8-16-13-6-3-5-12(14)9-13/h3,5-6,9,11H,2,4,7-8,10,15H2,1H3. The zero-order valence-electron chi connectivity index (χ0n) is 9.79. The van der Waals surface area contributed by atoms with Gasteiger partial charge in [-0.15, -0.1) is 0 Å². The molecule has 1 unspecified atom stereocenters. The zero-order chi connectivity index (χ0) is 11.8. The predicted molar refractivity (Wildman–Crippen MR) is 71.7 cm³/mol. The van der Waals surface area contributed by atoms with Gasteiger partial charge in [-0.1, -0.05) is 35.3 Å². The molecule has 0 aromatic heterocycles. The van der Waals surface area contributed by atoms with Crippen LogP contribution in [0.3, 0.4) is 0 Å². The van der Waals surface area contributed by atoms with Gasteiger partial charge in [-0.25, -0.2) is 0 Å². The molecule has 1 aromatic rings. The Morgan fingerprint density at radius 2 is 2.19 bits per heavy atom. The summed E-state index contributed by atoms with van der Waals surface area (Å²) in [5.74, 6) is 1.51. The zero-order valence-corrected chi connectivity index (χ0v) is 11.4. The molecular formula is C13H20BrNO. The van der Waals surface area contributed by atoms with Gasteiger partial charge in [-0.2, -0.15) is 0 Å². The third-order valence-corrected chi connectivity index (χ3v) is 3.11. The Labute approximate surface area is 106 Å². The van der Waals surface area contributed by atoms with Gasteiger partial charge in [0.2, 0.25) is 0 Å². The molecule has 0 aliphatic carbocycles. The first-order valence-electron chi connectivity index (χ1n) is 5.84. The van der Waals surface area contributed by atoms with Crippen LogP contribution in [0.5, 0.6) is 5.75 Å². The van der Waals surface area contributed by atoms with E-state index in [1.807, 2.05) is 24.3 Å². The Morgan fingerprint density at radius 3 is 2.81 bits per heavy atom. The van der Waals surface area contributed by atoms with E-state index in [0.29, 0.717) is 5.92 Å². The lowest BCUT2D eigenvalue weighted by atomic mass is 10.0. The monoisotopic (exact) mass is 285 g/mol. The van der Waals surface area contributed by atoms with Gasteiger partial charge < -0.3 is 10.5 Å². The Balaban J connectivity index is 2.29. The van der Waals surface area contributed by atoms with Gasteiger partial charge >= 0.3 is 0 Å². The number of halogens is 1. The summed E-state index contributed by atoms with van der Waals surface area (Å²) >= 11 is 3.42. The molecule has 0 heterocycles. The third-order valence-electron chi connectivity index (χ3n) is 2.62. The molecule has 1 rings (SSSR count). The number of ether oxygens (including phenoxy) is 1. The van der Waals surface area contributed by atoms with Gasteiger partial charge in [0.15, 0.2) is 0 Å². The van der Waals surface area contributed by atoms with E-state index in [1.54, 1.807) is 0 Å². The van der Waals surface area contributed by atoms with Gasteiger partial charge in [0.05, 0.1) is 6.61 Å². The van der Waals surface area contributed by atoms with E-state index in [1.165, 1.54) is 12.8 Å². The molecule has 0 amide bonds. The normalized spacial score (nSPS) is 12.4. The summed E-state index contributed by atoms with van der Waals surface area (Å²) < 4.78 is 6.73. The Bertz CT molecular complexity index is 304. The SMILES string of the molecule is CCCC(CN)CCOc1cccc(Br)c1. The maximum Gasteiger partial charge on any atom is 0.120 e. The number of rotatable bonds is 7. The van der Waals surface area contributed by atoms with Crippen molar-refractivity contribution in [1.29, 1.82) is 0 Å². The summed E-state index contributed by atoms with van der Waals surface area (Å²) in [7, 11) is 0. The first kappa shape index (κ1) is 13.5.